The van der Waals surface area contributed by atoms with Gasteiger partial charge in [-0.25, -0.2) is 0 Å². The predicted octanol–water partition coefficient (Wildman–Crippen LogP) is 0.976. The van der Waals surface area contributed by atoms with Crippen molar-refractivity contribution in [2.75, 3.05) is 19.7 Å². The van der Waals surface area contributed by atoms with Crippen LogP contribution in [-0.4, -0.2) is 45.5 Å². The quantitative estimate of drug-likeness (QED) is 0.731. The van der Waals surface area contributed by atoms with Crippen molar-refractivity contribution < 1.29 is 5.11 Å². The third-order valence-electron chi connectivity index (χ3n) is 2.51. The zero-order chi connectivity index (χ0) is 11.1. The first-order valence-corrected chi connectivity index (χ1v) is 5.56. The molecule has 0 spiro atoms. The lowest BCUT2D eigenvalue weighted by Gasteiger charge is -2.25. The molecule has 0 aromatic carbocycles. The van der Waals surface area contributed by atoms with Gasteiger partial charge in [0.1, 0.15) is 0 Å². The van der Waals surface area contributed by atoms with Gasteiger partial charge in [-0.3, -0.25) is 9.58 Å². The fourth-order valence-corrected chi connectivity index (χ4v) is 1.57. The van der Waals surface area contributed by atoms with E-state index in [1.54, 1.807) is 6.20 Å². The van der Waals surface area contributed by atoms with E-state index in [1.165, 1.54) is 0 Å². The van der Waals surface area contributed by atoms with Crippen LogP contribution in [0.2, 0.25) is 0 Å². The van der Waals surface area contributed by atoms with Crippen LogP contribution in [-0.2, 0) is 6.54 Å². The third kappa shape index (κ3) is 4.44. The lowest BCUT2D eigenvalue weighted by atomic mass is 10.3. The van der Waals surface area contributed by atoms with Gasteiger partial charge < -0.3 is 5.11 Å². The van der Waals surface area contributed by atoms with Crippen molar-refractivity contribution in [3.8, 4) is 0 Å². The Labute approximate surface area is 91.5 Å². The van der Waals surface area contributed by atoms with Crippen molar-refractivity contribution >= 4 is 0 Å². The molecule has 1 rings (SSSR count). The van der Waals surface area contributed by atoms with Crippen LogP contribution in [0.4, 0.5) is 0 Å². The Bertz CT molecular complexity index is 246. The fourth-order valence-electron chi connectivity index (χ4n) is 1.57. The zero-order valence-electron chi connectivity index (χ0n) is 9.63. The van der Waals surface area contributed by atoms with Crippen LogP contribution in [0.5, 0.6) is 0 Å². The Balaban J connectivity index is 2.31. The van der Waals surface area contributed by atoms with Crippen LogP contribution in [0.3, 0.4) is 0 Å². The molecule has 4 nitrogen and oxygen atoms in total. The zero-order valence-corrected chi connectivity index (χ0v) is 9.63. The van der Waals surface area contributed by atoms with Crippen LogP contribution >= 0.6 is 0 Å². The minimum absolute atomic E-state index is 0.269. The van der Waals surface area contributed by atoms with Crippen molar-refractivity contribution in [2.24, 2.45) is 0 Å². The fraction of sp³-hybridized carbons (Fsp3) is 0.727. The summed E-state index contributed by atoms with van der Waals surface area (Å²) >= 11 is 0. The monoisotopic (exact) mass is 211 g/mol. The maximum Gasteiger partial charge on any atom is 0.0536 e. The molecule has 0 aliphatic rings. The molecule has 1 aromatic heterocycles. The lowest BCUT2D eigenvalue weighted by Crippen LogP contribution is -2.35. The molecule has 0 saturated carbocycles. The first kappa shape index (κ1) is 12.2. The molecule has 0 bridgehead atoms. The van der Waals surface area contributed by atoms with Crippen molar-refractivity contribution in [3.63, 3.8) is 0 Å². The van der Waals surface area contributed by atoms with Gasteiger partial charge in [0.05, 0.1) is 6.54 Å². The largest absolute Gasteiger partial charge is 0.396 e. The van der Waals surface area contributed by atoms with Gasteiger partial charge >= 0.3 is 0 Å². The topological polar surface area (TPSA) is 41.3 Å². The number of aliphatic hydroxyl groups excluding tert-OH is 1. The third-order valence-corrected chi connectivity index (χ3v) is 2.51. The summed E-state index contributed by atoms with van der Waals surface area (Å²) in [6.07, 6.45) is 4.62. The molecule has 86 valence electrons. The number of aliphatic hydroxyl groups is 1. The Morgan fingerprint density at radius 3 is 2.73 bits per heavy atom. The average Bonchev–Trinajstić information content (AvgIpc) is 2.70. The molecule has 0 fully saturated rings. The number of hydrogen-bond donors (Lipinski definition) is 1. The molecule has 15 heavy (non-hydrogen) atoms. The predicted molar refractivity (Wildman–Crippen MR) is 60.6 cm³/mol. The Kier molecular flexibility index (Phi) is 5.36. The maximum atomic E-state index is 8.80. The van der Waals surface area contributed by atoms with Crippen LogP contribution in [0.25, 0.3) is 0 Å². The minimum atomic E-state index is 0.269. The van der Waals surface area contributed by atoms with Gasteiger partial charge in [0.15, 0.2) is 0 Å². The summed E-state index contributed by atoms with van der Waals surface area (Å²) in [5, 5.41) is 13.0. The van der Waals surface area contributed by atoms with Crippen LogP contribution < -0.4 is 0 Å². The van der Waals surface area contributed by atoms with E-state index in [0.29, 0.717) is 6.04 Å². The van der Waals surface area contributed by atoms with Crippen LogP contribution in [0.1, 0.15) is 20.3 Å². The van der Waals surface area contributed by atoms with E-state index in [4.69, 9.17) is 5.11 Å². The van der Waals surface area contributed by atoms with E-state index in [2.05, 4.69) is 23.8 Å². The molecule has 1 aromatic rings. The highest BCUT2D eigenvalue weighted by molar-refractivity contribution is 4.78. The minimum Gasteiger partial charge on any atom is -0.396 e. The van der Waals surface area contributed by atoms with Gasteiger partial charge in [-0.05, 0) is 26.3 Å². The molecule has 1 heterocycles. The standard InChI is InChI=1S/C11H21N3O/c1-11(2)13(6-4-10-15)8-9-14-7-3-5-12-14/h3,5,7,11,15H,4,6,8-10H2,1-2H3. The number of rotatable bonds is 7. The normalized spacial score (nSPS) is 11.5. The van der Waals surface area contributed by atoms with E-state index in [-0.39, 0.29) is 6.61 Å². The van der Waals surface area contributed by atoms with E-state index in [9.17, 15) is 0 Å². The molecular formula is C11H21N3O. The lowest BCUT2D eigenvalue weighted by molar-refractivity contribution is 0.184. The second-order valence-corrected chi connectivity index (χ2v) is 3.98. The summed E-state index contributed by atoms with van der Waals surface area (Å²) in [6, 6.07) is 2.46. The van der Waals surface area contributed by atoms with Gasteiger partial charge in [0.2, 0.25) is 0 Å². The molecule has 1 N–H and O–H groups in total. The summed E-state index contributed by atoms with van der Waals surface area (Å²) < 4.78 is 1.94. The Morgan fingerprint density at radius 1 is 1.40 bits per heavy atom. The smallest absolute Gasteiger partial charge is 0.0536 e. The highest BCUT2D eigenvalue weighted by atomic mass is 16.3. The first-order valence-electron chi connectivity index (χ1n) is 5.56. The van der Waals surface area contributed by atoms with Crippen molar-refractivity contribution in [1.29, 1.82) is 0 Å². The summed E-state index contributed by atoms with van der Waals surface area (Å²) in [7, 11) is 0. The summed E-state index contributed by atoms with van der Waals surface area (Å²) in [5.74, 6) is 0. The van der Waals surface area contributed by atoms with Crippen molar-refractivity contribution in [1.82, 2.24) is 14.7 Å². The molecule has 0 aliphatic heterocycles. The second kappa shape index (κ2) is 6.58. The van der Waals surface area contributed by atoms with Crippen LogP contribution in [0, 0.1) is 0 Å². The van der Waals surface area contributed by atoms with E-state index in [0.717, 1.165) is 26.1 Å². The molecule has 0 amide bonds. The molecule has 0 unspecified atom stereocenters. The summed E-state index contributed by atoms with van der Waals surface area (Å²) in [6.45, 7) is 7.48. The highest BCUT2D eigenvalue weighted by Crippen LogP contribution is 2.00. The maximum absolute atomic E-state index is 8.80. The van der Waals surface area contributed by atoms with Gasteiger partial charge in [0.25, 0.3) is 0 Å². The van der Waals surface area contributed by atoms with E-state index in [1.807, 2.05) is 16.9 Å². The SMILES string of the molecule is CC(C)N(CCCO)CCn1cccn1. The first-order chi connectivity index (χ1) is 7.24. The Morgan fingerprint density at radius 2 is 2.20 bits per heavy atom. The molecule has 0 radical (unpaired) electrons. The van der Waals surface area contributed by atoms with Gasteiger partial charge in [-0.15, -0.1) is 0 Å². The number of nitrogens with zero attached hydrogens (tertiary/aromatic N) is 3. The average molecular weight is 211 g/mol. The van der Waals surface area contributed by atoms with E-state index < -0.39 is 0 Å². The van der Waals surface area contributed by atoms with Crippen molar-refractivity contribution in [2.45, 2.75) is 32.9 Å². The van der Waals surface area contributed by atoms with Crippen LogP contribution in [0.15, 0.2) is 18.5 Å². The van der Waals surface area contributed by atoms with Gasteiger partial charge in [-0.2, -0.15) is 5.10 Å². The molecule has 0 saturated heterocycles. The Hall–Kier alpha value is -0.870. The highest BCUT2D eigenvalue weighted by Gasteiger charge is 2.08. The second-order valence-electron chi connectivity index (χ2n) is 3.98. The summed E-state index contributed by atoms with van der Waals surface area (Å²) in [5.41, 5.74) is 0. The van der Waals surface area contributed by atoms with E-state index >= 15 is 0 Å². The molecule has 4 heteroatoms. The summed E-state index contributed by atoms with van der Waals surface area (Å²) in [4.78, 5) is 2.36. The number of hydrogen-bond acceptors (Lipinski definition) is 3. The molecular weight excluding hydrogens is 190 g/mol. The van der Waals surface area contributed by atoms with Crippen molar-refractivity contribution in [3.05, 3.63) is 18.5 Å². The van der Waals surface area contributed by atoms with Gasteiger partial charge in [0, 0.05) is 38.1 Å². The molecule has 0 atom stereocenters. The van der Waals surface area contributed by atoms with Gasteiger partial charge in [-0.1, -0.05) is 0 Å². The number of aromatic nitrogens is 2. The molecule has 0 aliphatic carbocycles.